The van der Waals surface area contributed by atoms with Crippen molar-refractivity contribution in [2.45, 2.75) is 12.8 Å². The Bertz CT molecular complexity index is 865. The van der Waals surface area contributed by atoms with Gasteiger partial charge in [-0.1, -0.05) is 12.1 Å². The second-order valence-corrected chi connectivity index (χ2v) is 5.99. The fraction of sp³-hybridized carbons (Fsp3) is 0.222. The number of carbonyl (C=O) groups excluding carboxylic acids is 1. The Morgan fingerprint density at radius 2 is 1.96 bits per heavy atom. The zero-order valence-corrected chi connectivity index (χ0v) is 13.0. The smallest absolute Gasteiger partial charge is 0.256 e. The number of carbonyl (C=O) groups is 1. The number of halogens is 1. The van der Waals surface area contributed by atoms with E-state index in [0.29, 0.717) is 29.5 Å². The highest BCUT2D eigenvalue weighted by Gasteiger charge is 2.25. The Balaban J connectivity index is 1.77. The Morgan fingerprint density at radius 1 is 1.21 bits per heavy atom. The van der Waals surface area contributed by atoms with Crippen molar-refractivity contribution in [1.82, 2.24) is 19.7 Å². The monoisotopic (exact) mass is 324 g/mol. The third-order valence-electron chi connectivity index (χ3n) is 4.17. The van der Waals surface area contributed by atoms with Crippen molar-refractivity contribution in [1.29, 1.82) is 0 Å². The molecule has 122 valence electrons. The molecule has 0 radical (unpaired) electrons. The third kappa shape index (κ3) is 2.71. The van der Waals surface area contributed by atoms with E-state index in [1.165, 1.54) is 29.8 Å². The highest BCUT2D eigenvalue weighted by atomic mass is 19.1. The van der Waals surface area contributed by atoms with E-state index in [9.17, 15) is 9.18 Å². The maximum absolute atomic E-state index is 14.2. The minimum absolute atomic E-state index is 0.187. The van der Waals surface area contributed by atoms with Gasteiger partial charge in [0.1, 0.15) is 17.1 Å². The molecule has 2 aromatic heterocycles. The molecular formula is C18H17FN4O. The van der Waals surface area contributed by atoms with Crippen LogP contribution in [0.1, 0.15) is 23.2 Å². The van der Waals surface area contributed by atoms with Crippen molar-refractivity contribution in [3.63, 3.8) is 0 Å². The zero-order chi connectivity index (χ0) is 16.5. The van der Waals surface area contributed by atoms with Crippen LogP contribution in [0, 0.1) is 11.7 Å². The zero-order valence-electron chi connectivity index (χ0n) is 13.0. The molecule has 4 rings (SSSR count). The maximum Gasteiger partial charge on any atom is 0.256 e. The largest absolute Gasteiger partial charge is 0.352 e. The summed E-state index contributed by atoms with van der Waals surface area (Å²) in [6, 6.07) is 10.1. The van der Waals surface area contributed by atoms with E-state index < -0.39 is 0 Å². The number of amides is 1. The van der Waals surface area contributed by atoms with E-state index in [1.807, 2.05) is 24.5 Å². The van der Waals surface area contributed by atoms with Crippen LogP contribution >= 0.6 is 0 Å². The van der Waals surface area contributed by atoms with Gasteiger partial charge in [-0.15, -0.1) is 0 Å². The Kier molecular flexibility index (Phi) is 3.65. The van der Waals surface area contributed by atoms with Crippen LogP contribution in [-0.4, -0.2) is 26.8 Å². The van der Waals surface area contributed by atoms with Gasteiger partial charge < -0.3 is 9.88 Å². The summed E-state index contributed by atoms with van der Waals surface area (Å²) in [5, 5.41) is 7.21. The van der Waals surface area contributed by atoms with Crippen molar-refractivity contribution >= 4 is 5.91 Å². The molecule has 1 aromatic carbocycles. The second kappa shape index (κ2) is 5.96. The lowest BCUT2D eigenvalue weighted by molar-refractivity contribution is 0.0952. The number of benzene rings is 1. The summed E-state index contributed by atoms with van der Waals surface area (Å²) >= 11 is 0. The lowest BCUT2D eigenvalue weighted by atomic mass is 10.2. The van der Waals surface area contributed by atoms with Gasteiger partial charge in [-0.3, -0.25) is 4.79 Å². The van der Waals surface area contributed by atoms with Gasteiger partial charge in [0.2, 0.25) is 0 Å². The van der Waals surface area contributed by atoms with Crippen LogP contribution in [-0.2, 0) is 0 Å². The lowest BCUT2D eigenvalue weighted by Gasteiger charge is -2.11. The molecule has 0 atom stereocenters. The van der Waals surface area contributed by atoms with Gasteiger partial charge in [-0.2, -0.15) is 5.10 Å². The summed E-state index contributed by atoms with van der Waals surface area (Å²) in [5.41, 5.74) is 0.734. The summed E-state index contributed by atoms with van der Waals surface area (Å²) in [6.45, 7) is 0.675. The van der Waals surface area contributed by atoms with E-state index in [0.717, 1.165) is 0 Å². The number of nitrogens with zero attached hydrogens (tertiary/aromatic N) is 3. The molecule has 24 heavy (non-hydrogen) atoms. The minimum atomic E-state index is -0.390. The minimum Gasteiger partial charge on any atom is -0.352 e. The van der Waals surface area contributed by atoms with Crippen LogP contribution in [0.3, 0.4) is 0 Å². The average molecular weight is 324 g/mol. The van der Waals surface area contributed by atoms with E-state index in [4.69, 9.17) is 0 Å². The summed E-state index contributed by atoms with van der Waals surface area (Å²) in [5.74, 6) is 0.538. The molecule has 1 N–H and O–H groups in total. The molecule has 2 heterocycles. The van der Waals surface area contributed by atoms with E-state index in [2.05, 4.69) is 10.4 Å². The SMILES string of the molecule is O=C(NCC1CC1)c1cnn(-c2ccccc2F)c1-n1cccc1. The molecule has 5 nitrogen and oxygen atoms in total. The van der Waals surface area contributed by atoms with Crippen LogP contribution in [0.15, 0.2) is 55.0 Å². The molecule has 1 saturated carbocycles. The van der Waals surface area contributed by atoms with E-state index >= 15 is 0 Å². The number of aromatic nitrogens is 3. The average Bonchev–Trinajstić information content (AvgIpc) is 3.08. The van der Waals surface area contributed by atoms with Gasteiger partial charge in [-0.05, 0) is 43.0 Å². The first-order valence-corrected chi connectivity index (χ1v) is 7.98. The summed E-state index contributed by atoms with van der Waals surface area (Å²) < 4.78 is 17.4. The molecule has 1 aliphatic rings. The van der Waals surface area contributed by atoms with Gasteiger partial charge in [-0.25, -0.2) is 9.07 Å². The third-order valence-corrected chi connectivity index (χ3v) is 4.17. The normalized spacial score (nSPS) is 13.9. The van der Waals surface area contributed by atoms with Gasteiger partial charge >= 0.3 is 0 Å². The van der Waals surface area contributed by atoms with E-state index in [-0.39, 0.29) is 11.7 Å². The first-order chi connectivity index (χ1) is 11.7. The van der Waals surface area contributed by atoms with Gasteiger partial charge in [0, 0.05) is 18.9 Å². The van der Waals surface area contributed by atoms with Gasteiger partial charge in [0.05, 0.1) is 6.20 Å². The molecule has 0 unspecified atom stereocenters. The Morgan fingerprint density at radius 3 is 2.67 bits per heavy atom. The van der Waals surface area contributed by atoms with Crippen LogP contribution in [0.4, 0.5) is 4.39 Å². The maximum atomic E-state index is 14.2. The van der Waals surface area contributed by atoms with Gasteiger partial charge in [0.25, 0.3) is 5.91 Å². The number of hydrogen-bond acceptors (Lipinski definition) is 2. The highest BCUT2D eigenvalue weighted by Crippen LogP contribution is 2.28. The number of nitrogens with one attached hydrogen (secondary N) is 1. The quantitative estimate of drug-likeness (QED) is 0.784. The van der Waals surface area contributed by atoms with Gasteiger partial charge in [0.15, 0.2) is 5.82 Å². The van der Waals surface area contributed by atoms with Crippen molar-refractivity contribution in [2.24, 2.45) is 5.92 Å². The second-order valence-electron chi connectivity index (χ2n) is 5.99. The summed E-state index contributed by atoms with van der Waals surface area (Å²) in [4.78, 5) is 12.6. The highest BCUT2D eigenvalue weighted by molar-refractivity contribution is 5.97. The molecular weight excluding hydrogens is 307 g/mol. The first-order valence-electron chi connectivity index (χ1n) is 7.98. The topological polar surface area (TPSA) is 51.9 Å². The van der Waals surface area contributed by atoms with Crippen molar-refractivity contribution in [2.75, 3.05) is 6.54 Å². The summed E-state index contributed by atoms with van der Waals surface area (Å²) in [7, 11) is 0. The first kappa shape index (κ1) is 14.7. The standard InChI is InChI=1S/C18H17FN4O/c19-15-5-1-2-6-16(15)23-18(22-9-3-4-10-22)14(12-21-23)17(24)20-11-13-7-8-13/h1-6,9-10,12-13H,7-8,11H2,(H,20,24). The molecule has 0 spiro atoms. The van der Waals surface area contributed by atoms with E-state index in [1.54, 1.807) is 22.8 Å². The van der Waals surface area contributed by atoms with Crippen LogP contribution in [0.5, 0.6) is 0 Å². The number of hydrogen-bond donors (Lipinski definition) is 1. The number of rotatable bonds is 5. The van der Waals surface area contributed by atoms with Crippen molar-refractivity contribution < 1.29 is 9.18 Å². The lowest BCUT2D eigenvalue weighted by Crippen LogP contribution is -2.26. The Hall–Kier alpha value is -2.89. The molecule has 3 aromatic rings. The van der Waals surface area contributed by atoms with Crippen LogP contribution in [0.2, 0.25) is 0 Å². The molecule has 1 aliphatic carbocycles. The molecule has 1 fully saturated rings. The number of para-hydroxylation sites is 1. The Labute approximate surface area is 138 Å². The predicted octanol–water partition coefficient (Wildman–Crippen LogP) is 2.94. The van der Waals surface area contributed by atoms with Crippen LogP contribution < -0.4 is 5.32 Å². The fourth-order valence-corrected chi connectivity index (χ4v) is 2.68. The molecule has 0 aliphatic heterocycles. The van der Waals surface area contributed by atoms with Crippen molar-refractivity contribution in [3.8, 4) is 11.5 Å². The molecule has 0 saturated heterocycles. The molecule has 0 bridgehead atoms. The fourth-order valence-electron chi connectivity index (χ4n) is 2.68. The molecule has 6 heteroatoms. The van der Waals surface area contributed by atoms with Crippen molar-refractivity contribution in [3.05, 3.63) is 66.4 Å². The van der Waals surface area contributed by atoms with Crippen LogP contribution in [0.25, 0.3) is 11.5 Å². The molecule has 1 amide bonds. The predicted molar refractivity (Wildman–Crippen MR) is 87.9 cm³/mol. The summed E-state index contributed by atoms with van der Waals surface area (Å²) in [6.07, 6.45) is 7.44.